The molecule has 7 heteroatoms. The van der Waals surface area contributed by atoms with Gasteiger partial charge >= 0.3 is 5.97 Å². The second-order valence-corrected chi connectivity index (χ2v) is 5.19. The number of carboxylic acids is 1. The number of ether oxygens (including phenoxy) is 1. The standard InChI is InChI=1S/C16H14ClNO5/c1-9-6-11(3-4-13(9)17)23-8-15(20)18-10-2-5-14(19)12(7-10)16(21)22/h2-7,19H,8H2,1H3,(H,18,20)(H,21,22). The zero-order valence-corrected chi connectivity index (χ0v) is 12.9. The first kappa shape index (κ1) is 16.6. The van der Waals surface area contributed by atoms with E-state index < -0.39 is 11.9 Å². The molecule has 120 valence electrons. The van der Waals surface area contributed by atoms with E-state index in [-0.39, 0.29) is 23.6 Å². The molecule has 0 radical (unpaired) electrons. The van der Waals surface area contributed by atoms with Gasteiger partial charge in [-0.3, -0.25) is 4.79 Å². The average Bonchev–Trinajstić information content (AvgIpc) is 2.50. The Hall–Kier alpha value is -2.73. The fraction of sp³-hybridized carbons (Fsp3) is 0.125. The third-order valence-electron chi connectivity index (χ3n) is 3.01. The molecular weight excluding hydrogens is 322 g/mol. The van der Waals surface area contributed by atoms with Crippen molar-refractivity contribution < 1.29 is 24.5 Å². The second-order valence-electron chi connectivity index (χ2n) is 4.78. The first-order valence-electron chi connectivity index (χ1n) is 6.62. The monoisotopic (exact) mass is 335 g/mol. The van der Waals surface area contributed by atoms with Crippen molar-refractivity contribution in [1.29, 1.82) is 0 Å². The van der Waals surface area contributed by atoms with Crippen LogP contribution in [0.3, 0.4) is 0 Å². The second kappa shape index (κ2) is 7.02. The largest absolute Gasteiger partial charge is 0.507 e. The number of halogens is 1. The maximum Gasteiger partial charge on any atom is 0.339 e. The number of aromatic hydroxyl groups is 1. The van der Waals surface area contributed by atoms with Gasteiger partial charge in [-0.15, -0.1) is 0 Å². The molecule has 0 unspecified atom stereocenters. The summed E-state index contributed by atoms with van der Waals surface area (Å²) in [6.45, 7) is 1.57. The summed E-state index contributed by atoms with van der Waals surface area (Å²) in [7, 11) is 0. The van der Waals surface area contributed by atoms with E-state index in [0.717, 1.165) is 5.56 Å². The van der Waals surface area contributed by atoms with Crippen LogP contribution in [0.15, 0.2) is 36.4 Å². The van der Waals surface area contributed by atoms with Crippen LogP contribution in [0.2, 0.25) is 5.02 Å². The summed E-state index contributed by atoms with van der Waals surface area (Å²) in [6, 6.07) is 8.78. The number of aryl methyl sites for hydroxylation is 1. The van der Waals surface area contributed by atoms with Crippen LogP contribution in [0, 0.1) is 6.92 Å². The summed E-state index contributed by atoms with van der Waals surface area (Å²) in [4.78, 5) is 22.8. The summed E-state index contributed by atoms with van der Waals surface area (Å²) < 4.78 is 5.34. The van der Waals surface area contributed by atoms with Crippen molar-refractivity contribution in [3.8, 4) is 11.5 Å². The molecule has 0 fully saturated rings. The highest BCUT2D eigenvalue weighted by Crippen LogP contribution is 2.22. The van der Waals surface area contributed by atoms with E-state index in [4.69, 9.17) is 21.4 Å². The molecule has 23 heavy (non-hydrogen) atoms. The van der Waals surface area contributed by atoms with Crippen molar-refractivity contribution in [2.24, 2.45) is 0 Å². The molecule has 0 aliphatic rings. The van der Waals surface area contributed by atoms with Crippen LogP contribution in [0.4, 0.5) is 5.69 Å². The van der Waals surface area contributed by atoms with Gasteiger partial charge in [0, 0.05) is 10.7 Å². The molecule has 0 aromatic heterocycles. The Morgan fingerprint density at radius 1 is 1.22 bits per heavy atom. The van der Waals surface area contributed by atoms with E-state index in [1.807, 2.05) is 6.92 Å². The lowest BCUT2D eigenvalue weighted by Gasteiger charge is -2.09. The highest BCUT2D eigenvalue weighted by molar-refractivity contribution is 6.31. The SMILES string of the molecule is Cc1cc(OCC(=O)Nc2ccc(O)c(C(=O)O)c2)ccc1Cl. The van der Waals surface area contributed by atoms with Gasteiger partial charge in [0.05, 0.1) is 0 Å². The van der Waals surface area contributed by atoms with Gasteiger partial charge in [-0.1, -0.05) is 11.6 Å². The van der Waals surface area contributed by atoms with Gasteiger partial charge in [0.1, 0.15) is 17.1 Å². The smallest absolute Gasteiger partial charge is 0.339 e. The van der Waals surface area contributed by atoms with Crippen molar-refractivity contribution in [2.45, 2.75) is 6.92 Å². The molecule has 2 rings (SSSR count). The highest BCUT2D eigenvalue weighted by Gasteiger charge is 2.12. The normalized spacial score (nSPS) is 10.2. The lowest BCUT2D eigenvalue weighted by Crippen LogP contribution is -2.20. The Morgan fingerprint density at radius 2 is 1.96 bits per heavy atom. The maximum absolute atomic E-state index is 11.8. The number of phenols is 1. The van der Waals surface area contributed by atoms with Gasteiger partial charge in [-0.2, -0.15) is 0 Å². The van der Waals surface area contributed by atoms with Crippen LogP contribution in [0.1, 0.15) is 15.9 Å². The maximum atomic E-state index is 11.8. The highest BCUT2D eigenvalue weighted by atomic mass is 35.5. The van der Waals surface area contributed by atoms with Crippen molar-refractivity contribution >= 4 is 29.2 Å². The zero-order chi connectivity index (χ0) is 17.0. The molecule has 0 atom stereocenters. The van der Waals surface area contributed by atoms with Gasteiger partial charge < -0.3 is 20.3 Å². The topological polar surface area (TPSA) is 95.9 Å². The molecule has 2 aromatic rings. The molecule has 2 aromatic carbocycles. The lowest BCUT2D eigenvalue weighted by atomic mass is 10.2. The minimum atomic E-state index is -1.29. The molecule has 0 saturated heterocycles. The molecular formula is C16H14ClNO5. The first-order valence-corrected chi connectivity index (χ1v) is 6.99. The van der Waals surface area contributed by atoms with Crippen LogP contribution in [-0.2, 0) is 4.79 Å². The number of rotatable bonds is 5. The van der Waals surface area contributed by atoms with Gasteiger partial charge in [-0.25, -0.2) is 4.79 Å². The van der Waals surface area contributed by atoms with E-state index in [0.29, 0.717) is 10.8 Å². The molecule has 0 saturated carbocycles. The number of hydrogen-bond donors (Lipinski definition) is 3. The molecule has 6 nitrogen and oxygen atoms in total. The number of anilines is 1. The number of carbonyl (C=O) groups is 2. The molecule has 0 aliphatic heterocycles. The number of hydrogen-bond acceptors (Lipinski definition) is 4. The number of carboxylic acid groups (broad SMARTS) is 1. The summed E-state index contributed by atoms with van der Waals surface area (Å²) in [5.41, 5.74) is 0.785. The van der Waals surface area contributed by atoms with Crippen LogP contribution in [0.5, 0.6) is 11.5 Å². The van der Waals surface area contributed by atoms with Crippen molar-refractivity contribution in [2.75, 3.05) is 11.9 Å². The Kier molecular flexibility index (Phi) is 5.08. The summed E-state index contributed by atoms with van der Waals surface area (Å²) in [6.07, 6.45) is 0. The van der Waals surface area contributed by atoms with Gasteiger partial charge in [0.25, 0.3) is 5.91 Å². The van der Waals surface area contributed by atoms with E-state index in [1.165, 1.54) is 18.2 Å². The third kappa shape index (κ3) is 4.37. The van der Waals surface area contributed by atoms with Crippen LogP contribution in [0.25, 0.3) is 0 Å². The predicted octanol–water partition coefficient (Wildman–Crippen LogP) is 3.07. The molecule has 0 heterocycles. The number of amides is 1. The zero-order valence-electron chi connectivity index (χ0n) is 12.2. The Labute approximate surface area is 137 Å². The average molecular weight is 336 g/mol. The van der Waals surface area contributed by atoms with E-state index in [1.54, 1.807) is 18.2 Å². The number of nitrogens with one attached hydrogen (secondary N) is 1. The number of aromatic carboxylic acids is 1. The molecule has 1 amide bonds. The third-order valence-corrected chi connectivity index (χ3v) is 3.43. The van der Waals surface area contributed by atoms with Crippen LogP contribution >= 0.6 is 11.6 Å². The number of benzene rings is 2. The quantitative estimate of drug-likeness (QED) is 0.730. The lowest BCUT2D eigenvalue weighted by molar-refractivity contribution is -0.118. The summed E-state index contributed by atoms with van der Waals surface area (Å²) >= 11 is 5.90. The number of carbonyl (C=O) groups excluding carboxylic acids is 1. The van der Waals surface area contributed by atoms with Crippen molar-refractivity contribution in [1.82, 2.24) is 0 Å². The van der Waals surface area contributed by atoms with E-state index in [2.05, 4.69) is 5.32 Å². The Balaban J connectivity index is 1.98. The van der Waals surface area contributed by atoms with Gasteiger partial charge in [-0.05, 0) is 48.9 Å². The van der Waals surface area contributed by atoms with Crippen LogP contribution < -0.4 is 10.1 Å². The van der Waals surface area contributed by atoms with Gasteiger partial charge in [0.2, 0.25) is 0 Å². The summed E-state index contributed by atoms with van der Waals surface area (Å²) in [5, 5.41) is 21.4. The fourth-order valence-electron chi connectivity index (χ4n) is 1.84. The minimum Gasteiger partial charge on any atom is -0.507 e. The van der Waals surface area contributed by atoms with Gasteiger partial charge in [0.15, 0.2) is 6.61 Å². The van der Waals surface area contributed by atoms with E-state index in [9.17, 15) is 14.7 Å². The van der Waals surface area contributed by atoms with Crippen molar-refractivity contribution in [3.63, 3.8) is 0 Å². The fourth-order valence-corrected chi connectivity index (χ4v) is 1.96. The Bertz CT molecular complexity index is 760. The predicted molar refractivity (Wildman–Crippen MR) is 85.4 cm³/mol. The Morgan fingerprint density at radius 3 is 2.61 bits per heavy atom. The first-order chi connectivity index (χ1) is 10.9. The van der Waals surface area contributed by atoms with Crippen molar-refractivity contribution in [3.05, 3.63) is 52.5 Å². The molecule has 3 N–H and O–H groups in total. The van der Waals surface area contributed by atoms with Crippen LogP contribution in [-0.4, -0.2) is 28.7 Å². The summed E-state index contributed by atoms with van der Waals surface area (Å²) in [5.74, 6) is -1.62. The molecule has 0 aliphatic carbocycles. The minimum absolute atomic E-state index is 0.246. The van der Waals surface area contributed by atoms with E-state index >= 15 is 0 Å². The molecule has 0 bridgehead atoms. The molecule has 0 spiro atoms.